The van der Waals surface area contributed by atoms with Gasteiger partial charge in [0.15, 0.2) is 0 Å². The van der Waals surface area contributed by atoms with Gasteiger partial charge in [0.05, 0.1) is 0 Å². The Bertz CT molecular complexity index is 480. The van der Waals surface area contributed by atoms with Crippen LogP contribution in [0.4, 0.5) is 0 Å². The summed E-state index contributed by atoms with van der Waals surface area (Å²) in [5.74, 6) is 1.47. The minimum atomic E-state index is 0.278. The van der Waals surface area contributed by atoms with Crippen molar-refractivity contribution >= 4 is 11.6 Å². The second-order valence-electron chi connectivity index (χ2n) is 4.18. The van der Waals surface area contributed by atoms with E-state index in [2.05, 4.69) is 15.0 Å². The van der Waals surface area contributed by atoms with Crippen molar-refractivity contribution in [1.29, 1.82) is 0 Å². The van der Waals surface area contributed by atoms with E-state index in [0.29, 0.717) is 5.92 Å². The van der Waals surface area contributed by atoms with Gasteiger partial charge in [-0.25, -0.2) is 4.98 Å². The van der Waals surface area contributed by atoms with Gasteiger partial charge in [-0.1, -0.05) is 0 Å². The molecule has 2 aromatic rings. The molecule has 0 radical (unpaired) electrons. The molecule has 16 heavy (non-hydrogen) atoms. The highest BCUT2D eigenvalue weighted by molar-refractivity contribution is 6.23. The lowest BCUT2D eigenvalue weighted by Gasteiger charge is -1.97. The van der Waals surface area contributed by atoms with Crippen molar-refractivity contribution in [3.8, 4) is 0 Å². The van der Waals surface area contributed by atoms with Crippen LogP contribution in [0.3, 0.4) is 0 Å². The normalized spacial score (nSPS) is 23.3. The van der Waals surface area contributed by atoms with E-state index in [4.69, 9.17) is 11.6 Å². The Morgan fingerprint density at radius 3 is 2.81 bits per heavy atom. The number of rotatable bonds is 3. The van der Waals surface area contributed by atoms with Crippen LogP contribution in [0.25, 0.3) is 0 Å². The highest BCUT2D eigenvalue weighted by Crippen LogP contribution is 2.43. The molecule has 0 aliphatic heterocycles. The molecule has 2 aromatic heterocycles. The summed E-state index contributed by atoms with van der Waals surface area (Å²) in [6.45, 7) is 0. The van der Waals surface area contributed by atoms with Crippen molar-refractivity contribution in [2.24, 2.45) is 0 Å². The first-order chi connectivity index (χ1) is 7.83. The van der Waals surface area contributed by atoms with Crippen LogP contribution in [0.2, 0.25) is 0 Å². The van der Waals surface area contributed by atoms with E-state index >= 15 is 0 Å². The summed E-state index contributed by atoms with van der Waals surface area (Å²) in [5.41, 5.74) is 2.38. The van der Waals surface area contributed by atoms with E-state index in [1.54, 1.807) is 0 Å². The number of alkyl halides is 1. The Balaban J connectivity index is 1.73. The number of hydrogen-bond acceptors (Lipinski definition) is 2. The van der Waals surface area contributed by atoms with Gasteiger partial charge in [-0.2, -0.15) is 0 Å². The molecule has 82 valence electrons. The summed E-state index contributed by atoms with van der Waals surface area (Å²) in [7, 11) is 0. The summed E-state index contributed by atoms with van der Waals surface area (Å²) in [4.78, 5) is 11.7. The van der Waals surface area contributed by atoms with E-state index < -0.39 is 0 Å². The van der Waals surface area contributed by atoms with Gasteiger partial charge in [-0.3, -0.25) is 4.98 Å². The van der Waals surface area contributed by atoms with Gasteiger partial charge in [-0.15, -0.1) is 11.6 Å². The standard InChI is InChI=1S/C12H12ClN3/c13-11-6-10(11)12-15-7-9(16-12)5-8-1-3-14-4-2-8/h1-4,7,10-11H,5-6H2,(H,15,16). The van der Waals surface area contributed by atoms with E-state index in [0.717, 1.165) is 24.4 Å². The van der Waals surface area contributed by atoms with Crippen LogP contribution >= 0.6 is 11.6 Å². The number of imidazole rings is 1. The maximum absolute atomic E-state index is 5.99. The van der Waals surface area contributed by atoms with E-state index in [9.17, 15) is 0 Å². The largest absolute Gasteiger partial charge is 0.345 e. The minimum Gasteiger partial charge on any atom is -0.345 e. The number of aromatic nitrogens is 3. The predicted molar refractivity (Wildman–Crippen MR) is 62.6 cm³/mol. The highest BCUT2D eigenvalue weighted by Gasteiger charge is 2.38. The summed E-state index contributed by atoms with van der Waals surface area (Å²) in [6.07, 6.45) is 7.43. The maximum atomic E-state index is 5.99. The zero-order valence-corrected chi connectivity index (χ0v) is 9.48. The van der Waals surface area contributed by atoms with Crippen LogP contribution < -0.4 is 0 Å². The number of halogens is 1. The van der Waals surface area contributed by atoms with Crippen molar-refractivity contribution in [3.05, 3.63) is 47.8 Å². The van der Waals surface area contributed by atoms with Crippen LogP contribution in [-0.2, 0) is 6.42 Å². The predicted octanol–water partition coefficient (Wildman–Crippen LogP) is 2.49. The number of H-pyrrole nitrogens is 1. The first-order valence-corrected chi connectivity index (χ1v) is 5.83. The fourth-order valence-corrected chi connectivity index (χ4v) is 2.13. The fraction of sp³-hybridized carbons (Fsp3) is 0.333. The zero-order valence-electron chi connectivity index (χ0n) is 8.73. The maximum Gasteiger partial charge on any atom is 0.110 e. The van der Waals surface area contributed by atoms with Gasteiger partial charge in [0.1, 0.15) is 5.82 Å². The molecule has 3 nitrogen and oxygen atoms in total. The Kier molecular flexibility index (Phi) is 2.40. The molecule has 1 N–H and O–H groups in total. The lowest BCUT2D eigenvalue weighted by molar-refractivity contribution is 0.958. The molecule has 1 fully saturated rings. The van der Waals surface area contributed by atoms with Gasteiger partial charge in [0.2, 0.25) is 0 Å². The van der Waals surface area contributed by atoms with E-state index in [-0.39, 0.29) is 5.38 Å². The summed E-state index contributed by atoms with van der Waals surface area (Å²) < 4.78 is 0. The average molecular weight is 234 g/mol. The molecule has 0 aromatic carbocycles. The van der Waals surface area contributed by atoms with Gasteiger partial charge in [0.25, 0.3) is 0 Å². The molecular weight excluding hydrogens is 222 g/mol. The van der Waals surface area contributed by atoms with Crippen LogP contribution in [0.15, 0.2) is 30.7 Å². The minimum absolute atomic E-state index is 0.278. The highest BCUT2D eigenvalue weighted by atomic mass is 35.5. The van der Waals surface area contributed by atoms with Crippen molar-refractivity contribution in [2.45, 2.75) is 24.1 Å². The smallest absolute Gasteiger partial charge is 0.110 e. The fourth-order valence-electron chi connectivity index (χ4n) is 1.82. The Hall–Kier alpha value is -1.35. The second-order valence-corrected chi connectivity index (χ2v) is 4.74. The van der Waals surface area contributed by atoms with Crippen molar-refractivity contribution in [2.75, 3.05) is 0 Å². The van der Waals surface area contributed by atoms with Gasteiger partial charge in [-0.05, 0) is 24.1 Å². The molecule has 3 rings (SSSR count). The topological polar surface area (TPSA) is 41.6 Å². The number of nitrogens with zero attached hydrogens (tertiary/aromatic N) is 2. The average Bonchev–Trinajstić information content (AvgIpc) is 2.86. The van der Waals surface area contributed by atoms with Crippen molar-refractivity contribution < 1.29 is 0 Å². The molecule has 2 atom stereocenters. The molecule has 0 bridgehead atoms. The Morgan fingerprint density at radius 2 is 2.12 bits per heavy atom. The molecule has 1 aliphatic rings. The lowest BCUT2D eigenvalue weighted by Crippen LogP contribution is -1.90. The van der Waals surface area contributed by atoms with Crippen LogP contribution in [0, 0.1) is 0 Å². The van der Waals surface area contributed by atoms with E-state index in [1.807, 2.05) is 30.7 Å². The number of pyridine rings is 1. The van der Waals surface area contributed by atoms with Crippen molar-refractivity contribution in [3.63, 3.8) is 0 Å². The molecule has 0 saturated heterocycles. The van der Waals surface area contributed by atoms with Gasteiger partial charge < -0.3 is 4.98 Å². The van der Waals surface area contributed by atoms with Gasteiger partial charge in [0, 0.05) is 42.0 Å². The molecule has 0 spiro atoms. The zero-order chi connectivity index (χ0) is 11.0. The third-order valence-corrected chi connectivity index (χ3v) is 3.34. The molecular formula is C12H12ClN3. The van der Waals surface area contributed by atoms with Gasteiger partial charge >= 0.3 is 0 Å². The first kappa shape index (κ1) is 9.85. The molecule has 4 heteroatoms. The Morgan fingerprint density at radius 1 is 1.38 bits per heavy atom. The third-order valence-electron chi connectivity index (χ3n) is 2.86. The number of hydrogen-bond donors (Lipinski definition) is 1. The third kappa shape index (κ3) is 1.95. The van der Waals surface area contributed by atoms with Crippen molar-refractivity contribution in [1.82, 2.24) is 15.0 Å². The summed E-state index contributed by atoms with van der Waals surface area (Å²) in [6, 6.07) is 4.03. The van der Waals surface area contributed by atoms with E-state index in [1.165, 1.54) is 5.56 Å². The SMILES string of the molecule is ClC1CC1c1ncc(Cc2ccncc2)[nH]1. The summed E-state index contributed by atoms with van der Waals surface area (Å²) >= 11 is 5.99. The van der Waals surface area contributed by atoms with Crippen LogP contribution in [0.1, 0.15) is 29.4 Å². The first-order valence-electron chi connectivity index (χ1n) is 5.39. The molecule has 2 heterocycles. The summed E-state index contributed by atoms with van der Waals surface area (Å²) in [5, 5.41) is 0.278. The Labute approximate surface area is 98.9 Å². The van der Waals surface area contributed by atoms with Crippen LogP contribution in [0.5, 0.6) is 0 Å². The molecule has 2 unspecified atom stereocenters. The number of nitrogens with one attached hydrogen (secondary N) is 1. The molecule has 1 saturated carbocycles. The monoisotopic (exact) mass is 233 g/mol. The molecule has 1 aliphatic carbocycles. The second kappa shape index (κ2) is 3.91. The molecule has 0 amide bonds. The number of aromatic amines is 1. The quantitative estimate of drug-likeness (QED) is 0.828. The van der Waals surface area contributed by atoms with Crippen LogP contribution in [-0.4, -0.2) is 20.3 Å². The lowest BCUT2D eigenvalue weighted by atomic mass is 10.2.